The Morgan fingerprint density at radius 3 is 2.21 bits per heavy atom. The summed E-state index contributed by atoms with van der Waals surface area (Å²) in [6.07, 6.45) is -0.759. The van der Waals surface area contributed by atoms with Gasteiger partial charge in [0.15, 0.2) is 0 Å². The fraction of sp³-hybridized carbons (Fsp3) is 0.556. The van der Waals surface area contributed by atoms with Crippen molar-refractivity contribution in [3.63, 3.8) is 0 Å². The average molecular weight is 293 g/mol. The lowest BCUT2D eigenvalue weighted by Crippen LogP contribution is -2.49. The Morgan fingerprint density at radius 1 is 1.21 bits per heavy atom. The van der Waals surface area contributed by atoms with Crippen LogP contribution >= 0.6 is 12.6 Å². The zero-order valence-corrected chi connectivity index (χ0v) is 10.7. The Kier molecular flexibility index (Phi) is 7.53. The molecule has 19 heavy (non-hydrogen) atoms. The average Bonchev–Trinajstić information content (AvgIpc) is 2.33. The summed E-state index contributed by atoms with van der Waals surface area (Å²) in [5.41, 5.74) is 5.33. The molecule has 0 aliphatic rings. The molecule has 0 aliphatic heterocycles. The summed E-state index contributed by atoms with van der Waals surface area (Å²) < 4.78 is 0. The minimum atomic E-state index is -1.56. The van der Waals surface area contributed by atoms with E-state index < -0.39 is 48.8 Å². The molecular formula is C9H15N3O6S. The maximum Gasteiger partial charge on any atom is 0.326 e. The molecular weight excluding hydrogens is 278 g/mol. The zero-order chi connectivity index (χ0) is 15.0. The number of carbonyl (C=O) groups is 4. The number of thiol groups is 1. The number of carboxylic acid groups (broad SMARTS) is 2. The van der Waals surface area contributed by atoms with Crippen molar-refractivity contribution in [2.75, 3.05) is 12.3 Å². The molecule has 6 N–H and O–H groups in total. The molecule has 0 rings (SSSR count). The van der Waals surface area contributed by atoms with Crippen LogP contribution < -0.4 is 16.4 Å². The Bertz CT molecular complexity index is 375. The molecule has 2 unspecified atom stereocenters. The fourth-order valence-electron chi connectivity index (χ4n) is 1.00. The first-order valence-corrected chi connectivity index (χ1v) is 5.79. The molecule has 0 aliphatic carbocycles. The summed E-state index contributed by atoms with van der Waals surface area (Å²) in [6, 6.07) is -2.44. The summed E-state index contributed by atoms with van der Waals surface area (Å²) >= 11 is 3.79. The van der Waals surface area contributed by atoms with Crippen LogP contribution in [-0.2, 0) is 19.2 Å². The predicted octanol–water partition coefficient (Wildman–Crippen LogP) is -2.60. The van der Waals surface area contributed by atoms with Crippen molar-refractivity contribution in [3.05, 3.63) is 0 Å². The summed E-state index contributed by atoms with van der Waals surface area (Å²) in [4.78, 5) is 43.6. The maximum atomic E-state index is 11.3. The van der Waals surface area contributed by atoms with Gasteiger partial charge in [0.2, 0.25) is 11.8 Å². The van der Waals surface area contributed by atoms with Gasteiger partial charge >= 0.3 is 11.9 Å². The van der Waals surface area contributed by atoms with Crippen LogP contribution in [0, 0.1) is 0 Å². The van der Waals surface area contributed by atoms with Crippen molar-refractivity contribution >= 4 is 36.4 Å². The first kappa shape index (κ1) is 17.2. The van der Waals surface area contributed by atoms with Crippen molar-refractivity contribution < 1.29 is 29.4 Å². The second kappa shape index (κ2) is 8.32. The quantitative estimate of drug-likeness (QED) is 0.268. The Morgan fingerprint density at radius 2 is 1.79 bits per heavy atom. The third-order valence-corrected chi connectivity index (χ3v) is 2.36. The molecule has 9 nitrogen and oxygen atoms in total. The van der Waals surface area contributed by atoms with Crippen LogP contribution in [0.2, 0.25) is 0 Å². The van der Waals surface area contributed by atoms with Gasteiger partial charge in [0.1, 0.15) is 6.04 Å². The molecule has 0 fully saturated rings. The molecule has 0 spiro atoms. The topological polar surface area (TPSA) is 159 Å². The van der Waals surface area contributed by atoms with E-state index in [9.17, 15) is 19.2 Å². The monoisotopic (exact) mass is 293 g/mol. The fourth-order valence-corrected chi connectivity index (χ4v) is 1.17. The van der Waals surface area contributed by atoms with E-state index in [0.29, 0.717) is 0 Å². The number of rotatable bonds is 8. The van der Waals surface area contributed by atoms with E-state index in [0.717, 1.165) is 0 Å². The standard InChI is InChI=1S/C9H15N3O6S/c10-4(3-19)8(16)11-2-6(13)12-5(9(17)18)1-7(14)15/h4-5,19H,1-3,10H2,(H,11,16)(H,12,13)(H,14,15)(H,17,18). The van der Waals surface area contributed by atoms with Crippen LogP contribution in [0.1, 0.15) is 6.42 Å². The largest absolute Gasteiger partial charge is 0.481 e. The molecule has 0 bridgehead atoms. The van der Waals surface area contributed by atoms with Gasteiger partial charge in [0.25, 0.3) is 0 Å². The van der Waals surface area contributed by atoms with Gasteiger partial charge in [0, 0.05) is 5.75 Å². The highest BCUT2D eigenvalue weighted by Gasteiger charge is 2.23. The highest BCUT2D eigenvalue weighted by molar-refractivity contribution is 7.80. The van der Waals surface area contributed by atoms with Gasteiger partial charge < -0.3 is 26.6 Å². The van der Waals surface area contributed by atoms with Crippen LogP contribution in [0.25, 0.3) is 0 Å². The highest BCUT2D eigenvalue weighted by Crippen LogP contribution is 1.92. The summed E-state index contributed by atoms with van der Waals surface area (Å²) in [7, 11) is 0. The Hall–Kier alpha value is -1.81. The van der Waals surface area contributed by atoms with E-state index in [1.807, 2.05) is 5.32 Å². The van der Waals surface area contributed by atoms with E-state index >= 15 is 0 Å². The molecule has 0 heterocycles. The van der Waals surface area contributed by atoms with E-state index in [-0.39, 0.29) is 5.75 Å². The predicted molar refractivity (Wildman–Crippen MR) is 66.7 cm³/mol. The molecule has 0 aromatic carbocycles. The molecule has 0 aromatic rings. The van der Waals surface area contributed by atoms with Gasteiger partial charge in [-0.2, -0.15) is 12.6 Å². The second-order valence-corrected chi connectivity index (χ2v) is 3.93. The van der Waals surface area contributed by atoms with Gasteiger partial charge in [-0.05, 0) is 0 Å². The van der Waals surface area contributed by atoms with Crippen LogP contribution in [-0.4, -0.2) is 58.3 Å². The maximum absolute atomic E-state index is 11.3. The molecule has 10 heteroatoms. The summed E-state index contributed by atoms with van der Waals surface area (Å²) in [6.45, 7) is -0.496. The van der Waals surface area contributed by atoms with E-state index in [1.54, 1.807) is 0 Å². The molecule has 0 saturated heterocycles. The minimum Gasteiger partial charge on any atom is -0.481 e. The van der Waals surface area contributed by atoms with Gasteiger partial charge in [-0.3, -0.25) is 14.4 Å². The minimum absolute atomic E-state index is 0.0875. The van der Waals surface area contributed by atoms with Crippen molar-refractivity contribution in [2.24, 2.45) is 5.73 Å². The summed E-state index contributed by atoms with van der Waals surface area (Å²) in [5, 5.41) is 21.3. The Labute approximate surface area is 113 Å². The zero-order valence-electron chi connectivity index (χ0n) is 9.83. The lowest BCUT2D eigenvalue weighted by atomic mass is 10.2. The molecule has 108 valence electrons. The van der Waals surface area contributed by atoms with Crippen LogP contribution in [0.4, 0.5) is 0 Å². The van der Waals surface area contributed by atoms with Crippen LogP contribution in [0.3, 0.4) is 0 Å². The third kappa shape index (κ3) is 7.26. The van der Waals surface area contributed by atoms with Crippen LogP contribution in [0.5, 0.6) is 0 Å². The SMILES string of the molecule is NC(CS)C(=O)NCC(=O)NC(CC(=O)O)C(=O)O. The van der Waals surface area contributed by atoms with Gasteiger partial charge in [-0.15, -0.1) is 0 Å². The Balaban J connectivity index is 4.24. The molecule has 2 amide bonds. The van der Waals surface area contributed by atoms with Gasteiger partial charge in [-0.1, -0.05) is 0 Å². The number of hydrogen-bond acceptors (Lipinski definition) is 6. The van der Waals surface area contributed by atoms with E-state index in [2.05, 4.69) is 17.9 Å². The van der Waals surface area contributed by atoms with Gasteiger partial charge in [-0.25, -0.2) is 4.79 Å². The molecule has 0 aromatic heterocycles. The first-order chi connectivity index (χ1) is 8.77. The van der Waals surface area contributed by atoms with Crippen molar-refractivity contribution in [2.45, 2.75) is 18.5 Å². The highest BCUT2D eigenvalue weighted by atomic mass is 32.1. The van der Waals surface area contributed by atoms with Crippen LogP contribution in [0.15, 0.2) is 0 Å². The second-order valence-electron chi connectivity index (χ2n) is 3.56. The van der Waals surface area contributed by atoms with E-state index in [1.165, 1.54) is 0 Å². The first-order valence-electron chi connectivity index (χ1n) is 5.16. The number of nitrogens with two attached hydrogens (primary N) is 1. The smallest absolute Gasteiger partial charge is 0.326 e. The summed E-state index contributed by atoms with van der Waals surface area (Å²) in [5.74, 6) is -4.20. The normalized spacial score (nSPS) is 13.2. The van der Waals surface area contributed by atoms with Crippen molar-refractivity contribution in [3.8, 4) is 0 Å². The number of nitrogens with one attached hydrogen (secondary N) is 2. The van der Waals surface area contributed by atoms with Crippen molar-refractivity contribution in [1.82, 2.24) is 10.6 Å². The number of amides is 2. The lowest BCUT2D eigenvalue weighted by Gasteiger charge is -2.13. The number of carbonyl (C=O) groups excluding carboxylic acids is 2. The number of aliphatic carboxylic acids is 2. The molecule has 2 atom stereocenters. The third-order valence-electron chi connectivity index (χ3n) is 1.97. The van der Waals surface area contributed by atoms with Crippen molar-refractivity contribution in [1.29, 1.82) is 0 Å². The molecule has 0 radical (unpaired) electrons. The number of carboxylic acids is 2. The van der Waals surface area contributed by atoms with E-state index in [4.69, 9.17) is 15.9 Å². The lowest BCUT2D eigenvalue weighted by molar-refractivity contribution is -0.147. The van der Waals surface area contributed by atoms with Gasteiger partial charge in [0.05, 0.1) is 19.0 Å². The number of hydrogen-bond donors (Lipinski definition) is 6. The molecule has 0 saturated carbocycles.